The molecule has 3 rings (SSSR count). The summed E-state index contributed by atoms with van der Waals surface area (Å²) >= 11 is 0. The molecule has 1 aromatic carbocycles. The molecular weight excluding hydrogens is 254 g/mol. The number of likely N-dealkylation sites (tertiary alicyclic amines) is 1. The molecule has 0 radical (unpaired) electrons. The van der Waals surface area contributed by atoms with Crippen LogP contribution in [-0.4, -0.2) is 23.9 Å². The van der Waals surface area contributed by atoms with Crippen LogP contribution in [0.2, 0.25) is 0 Å². The number of benzene rings is 1. The van der Waals surface area contributed by atoms with Crippen LogP contribution in [0.3, 0.4) is 0 Å². The summed E-state index contributed by atoms with van der Waals surface area (Å²) in [7, 11) is 0. The molecule has 0 spiro atoms. The maximum atomic E-state index is 12.2. The van der Waals surface area contributed by atoms with Crippen LogP contribution in [0, 0.1) is 0 Å². The number of carbonyl (C=O) groups excluding carboxylic acids is 1. The lowest BCUT2D eigenvalue weighted by Crippen LogP contribution is -2.37. The zero-order chi connectivity index (χ0) is 13.9. The van der Waals surface area contributed by atoms with Gasteiger partial charge in [0.2, 0.25) is 5.91 Å². The average Bonchev–Trinajstić information content (AvgIpc) is 2.49. The number of rotatable bonds is 2. The summed E-state index contributed by atoms with van der Waals surface area (Å²) in [5.74, 6) is 0.0206. The van der Waals surface area contributed by atoms with Crippen molar-refractivity contribution in [3.8, 4) is 0 Å². The number of nitrogens with zero attached hydrogens (tertiary/aromatic N) is 1. The molecule has 0 atom stereocenters. The highest BCUT2D eigenvalue weighted by Gasteiger charge is 2.18. The summed E-state index contributed by atoms with van der Waals surface area (Å²) in [6.45, 7) is 1.61. The Morgan fingerprint density at radius 1 is 1.15 bits per heavy atom. The molecule has 1 amide bonds. The maximum Gasteiger partial charge on any atom is 0.339 e. The van der Waals surface area contributed by atoms with E-state index < -0.39 is 5.63 Å². The van der Waals surface area contributed by atoms with E-state index in [0.717, 1.165) is 31.3 Å². The minimum absolute atomic E-state index is 0.0206. The van der Waals surface area contributed by atoms with Gasteiger partial charge in [0.15, 0.2) is 0 Å². The third kappa shape index (κ3) is 2.59. The van der Waals surface area contributed by atoms with E-state index in [1.807, 2.05) is 23.1 Å². The highest BCUT2D eigenvalue weighted by atomic mass is 16.4. The average molecular weight is 271 g/mol. The van der Waals surface area contributed by atoms with Crippen molar-refractivity contribution in [2.24, 2.45) is 0 Å². The van der Waals surface area contributed by atoms with Crippen LogP contribution in [0.25, 0.3) is 11.0 Å². The van der Waals surface area contributed by atoms with Gasteiger partial charge >= 0.3 is 5.63 Å². The lowest BCUT2D eigenvalue weighted by Gasteiger charge is -2.26. The fourth-order valence-corrected chi connectivity index (χ4v) is 2.65. The molecule has 2 heterocycles. The molecule has 0 N–H and O–H groups in total. The van der Waals surface area contributed by atoms with Gasteiger partial charge in [-0.15, -0.1) is 0 Å². The van der Waals surface area contributed by atoms with Crippen molar-refractivity contribution < 1.29 is 9.21 Å². The molecular formula is C16H17NO3. The van der Waals surface area contributed by atoms with Gasteiger partial charge in [0, 0.05) is 24.0 Å². The predicted molar refractivity (Wildman–Crippen MR) is 76.6 cm³/mol. The van der Waals surface area contributed by atoms with Crippen molar-refractivity contribution in [3.05, 3.63) is 46.3 Å². The van der Waals surface area contributed by atoms with Gasteiger partial charge < -0.3 is 9.32 Å². The molecule has 4 heteroatoms. The Kier molecular flexibility index (Phi) is 3.54. The second-order valence-electron chi connectivity index (χ2n) is 5.22. The summed E-state index contributed by atoms with van der Waals surface area (Å²) in [5, 5.41) is 0.855. The second-order valence-corrected chi connectivity index (χ2v) is 5.22. The Morgan fingerprint density at radius 2 is 1.90 bits per heavy atom. The van der Waals surface area contributed by atoms with Crippen LogP contribution >= 0.6 is 0 Å². The Hall–Kier alpha value is -2.10. The van der Waals surface area contributed by atoms with Crippen LogP contribution in [-0.2, 0) is 11.2 Å². The molecule has 2 aromatic rings. The summed E-state index contributed by atoms with van der Waals surface area (Å²) in [5.41, 5.74) is 0.597. The molecule has 0 bridgehead atoms. The molecule has 0 unspecified atom stereocenters. The van der Waals surface area contributed by atoms with Crippen molar-refractivity contribution in [2.45, 2.75) is 25.7 Å². The smallest absolute Gasteiger partial charge is 0.339 e. The van der Waals surface area contributed by atoms with Crippen LogP contribution < -0.4 is 5.63 Å². The topological polar surface area (TPSA) is 50.5 Å². The summed E-state index contributed by atoms with van der Waals surface area (Å²) in [6.07, 6.45) is 3.42. The highest BCUT2D eigenvalue weighted by Crippen LogP contribution is 2.14. The van der Waals surface area contributed by atoms with E-state index >= 15 is 0 Å². The minimum Gasteiger partial charge on any atom is -0.423 e. The Morgan fingerprint density at radius 3 is 2.70 bits per heavy atom. The highest BCUT2D eigenvalue weighted by molar-refractivity contribution is 5.81. The number of piperidine rings is 1. The summed E-state index contributed by atoms with van der Waals surface area (Å²) in [6, 6.07) is 9.12. The molecule has 1 aromatic heterocycles. The van der Waals surface area contributed by atoms with Crippen molar-refractivity contribution in [3.63, 3.8) is 0 Å². The Balaban J connectivity index is 1.84. The molecule has 4 nitrogen and oxygen atoms in total. The van der Waals surface area contributed by atoms with Gasteiger partial charge in [-0.3, -0.25) is 4.79 Å². The van der Waals surface area contributed by atoms with Crippen LogP contribution in [0.5, 0.6) is 0 Å². The number of hydrogen-bond acceptors (Lipinski definition) is 3. The minimum atomic E-state index is -0.408. The van der Waals surface area contributed by atoms with Gasteiger partial charge in [-0.2, -0.15) is 0 Å². The third-order valence-corrected chi connectivity index (χ3v) is 3.76. The molecule has 104 valence electrons. The standard InChI is InChI=1S/C16H17NO3/c18-15(17-8-4-1-5-9-17)11-13-10-12-6-2-3-7-14(12)20-16(13)19/h2-3,6-7,10H,1,4-5,8-9,11H2. The molecule has 0 aliphatic carbocycles. The Labute approximate surface area is 117 Å². The fourth-order valence-electron chi connectivity index (χ4n) is 2.65. The van der Waals surface area contributed by atoms with E-state index in [9.17, 15) is 9.59 Å². The number of para-hydroxylation sites is 1. The van der Waals surface area contributed by atoms with Gasteiger partial charge in [-0.25, -0.2) is 4.79 Å². The SMILES string of the molecule is O=C(Cc1cc2ccccc2oc1=O)N1CCCCC1. The van der Waals surface area contributed by atoms with E-state index in [4.69, 9.17) is 4.42 Å². The number of fused-ring (bicyclic) bond motifs is 1. The van der Waals surface area contributed by atoms with Gasteiger partial charge in [-0.05, 0) is 31.4 Å². The van der Waals surface area contributed by atoms with Crippen molar-refractivity contribution >= 4 is 16.9 Å². The van der Waals surface area contributed by atoms with Crippen molar-refractivity contribution in [2.75, 3.05) is 13.1 Å². The van der Waals surface area contributed by atoms with E-state index in [2.05, 4.69) is 0 Å². The van der Waals surface area contributed by atoms with Crippen molar-refractivity contribution in [1.82, 2.24) is 4.90 Å². The van der Waals surface area contributed by atoms with Crippen LogP contribution in [0.1, 0.15) is 24.8 Å². The van der Waals surface area contributed by atoms with E-state index in [1.165, 1.54) is 6.42 Å². The molecule has 1 fully saturated rings. The Bertz CT molecular complexity index is 683. The summed E-state index contributed by atoms with van der Waals surface area (Å²) in [4.78, 5) is 26.0. The normalized spacial score (nSPS) is 15.5. The maximum absolute atomic E-state index is 12.2. The second kappa shape index (κ2) is 5.49. The molecule has 20 heavy (non-hydrogen) atoms. The summed E-state index contributed by atoms with van der Waals surface area (Å²) < 4.78 is 5.25. The predicted octanol–water partition coefficient (Wildman–Crippen LogP) is 2.35. The monoisotopic (exact) mass is 271 g/mol. The number of hydrogen-bond donors (Lipinski definition) is 0. The molecule has 0 saturated carbocycles. The number of carbonyl (C=O) groups is 1. The van der Waals surface area contributed by atoms with E-state index in [1.54, 1.807) is 12.1 Å². The quantitative estimate of drug-likeness (QED) is 0.788. The van der Waals surface area contributed by atoms with E-state index in [0.29, 0.717) is 11.1 Å². The largest absolute Gasteiger partial charge is 0.423 e. The first-order valence-corrected chi connectivity index (χ1v) is 7.03. The lowest BCUT2D eigenvalue weighted by atomic mass is 10.1. The first kappa shape index (κ1) is 12.9. The van der Waals surface area contributed by atoms with Crippen LogP contribution in [0.15, 0.2) is 39.5 Å². The first-order valence-electron chi connectivity index (χ1n) is 7.03. The van der Waals surface area contributed by atoms with Gasteiger partial charge in [0.05, 0.1) is 6.42 Å². The fraction of sp³-hybridized carbons (Fsp3) is 0.375. The lowest BCUT2D eigenvalue weighted by molar-refractivity contribution is -0.131. The van der Waals surface area contributed by atoms with Gasteiger partial charge in [0.25, 0.3) is 0 Å². The van der Waals surface area contributed by atoms with Crippen LogP contribution in [0.4, 0.5) is 0 Å². The third-order valence-electron chi connectivity index (χ3n) is 3.76. The van der Waals surface area contributed by atoms with E-state index in [-0.39, 0.29) is 12.3 Å². The molecule has 1 saturated heterocycles. The molecule has 1 aliphatic rings. The molecule has 1 aliphatic heterocycles. The first-order chi connectivity index (χ1) is 9.74. The zero-order valence-corrected chi connectivity index (χ0v) is 11.3. The van der Waals surface area contributed by atoms with Crippen molar-refractivity contribution in [1.29, 1.82) is 0 Å². The number of amides is 1. The van der Waals surface area contributed by atoms with Gasteiger partial charge in [0.1, 0.15) is 5.58 Å². The zero-order valence-electron chi connectivity index (χ0n) is 11.3. The van der Waals surface area contributed by atoms with Gasteiger partial charge in [-0.1, -0.05) is 18.2 Å².